The molecule has 0 atom stereocenters. The molecular formula is C32H70O6S4Si2. The van der Waals surface area contributed by atoms with E-state index in [2.05, 4.69) is 41.5 Å². The summed E-state index contributed by atoms with van der Waals surface area (Å²) in [5.74, 6) is 2.32. The van der Waals surface area contributed by atoms with Crippen LogP contribution >= 0.6 is 41.2 Å². The van der Waals surface area contributed by atoms with E-state index in [1.165, 1.54) is 24.9 Å². The van der Waals surface area contributed by atoms with Gasteiger partial charge in [0.2, 0.25) is 11.2 Å². The number of unbranched alkanes of at least 4 members (excludes halogenated alkanes) is 6. The summed E-state index contributed by atoms with van der Waals surface area (Å²) in [7, 11) is 6.44. The van der Waals surface area contributed by atoms with Gasteiger partial charge in [0.1, 0.15) is 19.0 Å². The maximum atomic E-state index is 6.33. The molecule has 0 unspecified atom stereocenters. The first-order valence-corrected chi connectivity index (χ1v) is 26.6. The molecule has 0 heterocycles. The Bertz CT molecular complexity index is 486. The van der Waals surface area contributed by atoms with Gasteiger partial charge in [0, 0.05) is 11.5 Å². The Morgan fingerprint density at radius 2 is 0.636 bits per heavy atom. The van der Waals surface area contributed by atoms with Gasteiger partial charge in [0.25, 0.3) is 0 Å². The smallest absolute Gasteiger partial charge is 0.249 e. The zero-order valence-corrected chi connectivity index (χ0v) is 35.6. The van der Waals surface area contributed by atoms with E-state index >= 15 is 0 Å². The minimum atomic E-state index is -0.730. The second-order valence-electron chi connectivity index (χ2n) is 11.3. The van der Waals surface area contributed by atoms with Crippen molar-refractivity contribution < 1.29 is 28.4 Å². The molecule has 0 aliphatic rings. The van der Waals surface area contributed by atoms with Gasteiger partial charge >= 0.3 is 0 Å². The molecule has 0 amide bonds. The lowest BCUT2D eigenvalue weighted by Crippen LogP contribution is -2.46. The second kappa shape index (κ2) is 34.5. The molecule has 0 saturated heterocycles. The Hall–Kier alpha value is 1.59. The number of hydrogen-bond donors (Lipinski definition) is 0. The van der Waals surface area contributed by atoms with Crippen LogP contribution in [-0.2, 0) is 28.4 Å². The molecule has 0 saturated carbocycles. The van der Waals surface area contributed by atoms with Crippen LogP contribution in [0, 0.1) is 0 Å². The second-order valence-corrected chi connectivity index (χ2v) is 21.7. The summed E-state index contributed by atoms with van der Waals surface area (Å²) in [6.45, 7) is 17.6. The molecule has 0 aromatic rings. The number of ether oxygens (including phenoxy) is 6. The maximum absolute atomic E-state index is 6.33. The van der Waals surface area contributed by atoms with Crippen molar-refractivity contribution in [3.63, 3.8) is 0 Å². The third kappa shape index (κ3) is 26.5. The van der Waals surface area contributed by atoms with E-state index in [0.717, 1.165) is 128 Å². The zero-order valence-electron chi connectivity index (χ0n) is 29.5. The monoisotopic (exact) mass is 734 g/mol. The third-order valence-electron chi connectivity index (χ3n) is 6.96. The summed E-state index contributed by atoms with van der Waals surface area (Å²) < 4.78 is 38.0. The largest absolute Gasteiger partial charge is 0.332 e. The lowest BCUT2D eigenvalue weighted by molar-refractivity contribution is -0.328. The fourth-order valence-corrected chi connectivity index (χ4v) is 14.6. The van der Waals surface area contributed by atoms with Gasteiger partial charge < -0.3 is 28.4 Å². The normalized spacial score (nSPS) is 13.0. The van der Waals surface area contributed by atoms with Gasteiger partial charge in [0.05, 0.1) is 39.6 Å². The van der Waals surface area contributed by atoms with Crippen LogP contribution in [0.15, 0.2) is 0 Å². The van der Waals surface area contributed by atoms with Gasteiger partial charge in [-0.15, -0.1) is 0 Å². The molecule has 12 heteroatoms. The topological polar surface area (TPSA) is 55.4 Å². The Balaban J connectivity index is 4.41. The fourth-order valence-electron chi connectivity index (χ4n) is 4.03. The van der Waals surface area contributed by atoms with Gasteiger partial charge in [0.15, 0.2) is 0 Å². The highest BCUT2D eigenvalue weighted by molar-refractivity contribution is 9.26. The molecule has 0 fully saturated rings. The van der Waals surface area contributed by atoms with Gasteiger partial charge in [-0.2, -0.15) is 0 Å². The Labute approximate surface area is 293 Å². The van der Waals surface area contributed by atoms with Crippen LogP contribution in [0.3, 0.4) is 0 Å². The van der Waals surface area contributed by atoms with E-state index in [9.17, 15) is 0 Å². The third-order valence-corrected chi connectivity index (χ3v) is 17.8. The average molecular weight is 735 g/mol. The average Bonchev–Trinajstić information content (AvgIpc) is 3.02. The van der Waals surface area contributed by atoms with E-state index < -0.39 is 30.2 Å². The van der Waals surface area contributed by atoms with Crippen LogP contribution in [0.25, 0.3) is 0 Å². The molecule has 0 aromatic heterocycles. The van der Waals surface area contributed by atoms with Gasteiger partial charge in [-0.1, -0.05) is 114 Å². The minimum Gasteiger partial charge on any atom is -0.332 e. The first-order chi connectivity index (χ1) is 21.6. The van der Waals surface area contributed by atoms with Crippen LogP contribution in [0.1, 0.15) is 131 Å². The van der Waals surface area contributed by atoms with Gasteiger partial charge in [-0.25, -0.2) is 0 Å². The Morgan fingerprint density at radius 1 is 0.386 bits per heavy atom. The summed E-state index contributed by atoms with van der Waals surface area (Å²) in [5.41, 5.74) is -1.46. The number of rotatable bonds is 37. The molecular weight excluding hydrogens is 665 g/mol. The van der Waals surface area contributed by atoms with Crippen LogP contribution in [0.4, 0.5) is 0 Å². The Kier molecular flexibility index (Phi) is 35.7. The van der Waals surface area contributed by atoms with Crippen molar-refractivity contribution >= 4 is 60.3 Å². The van der Waals surface area contributed by atoms with Crippen LogP contribution in [-0.4, -0.2) is 81.4 Å². The molecule has 0 aromatic carbocycles. The summed E-state index contributed by atoms with van der Waals surface area (Å²) in [5, 5.41) is 0. The molecule has 0 aliphatic carbocycles. The highest BCUT2D eigenvalue weighted by Crippen LogP contribution is 2.43. The SMILES string of the molecule is CCCCOC(OCCCC)(OCCCC)[SiH2]CCCSSSSCCC[SiH2]C(OCCCC)(OCCCC)OCCCC. The summed E-state index contributed by atoms with van der Waals surface area (Å²) in [4.78, 5) is 0. The first-order valence-electron chi connectivity index (χ1n) is 18.0. The lowest BCUT2D eigenvalue weighted by atomic mass is 10.4. The highest BCUT2D eigenvalue weighted by Gasteiger charge is 2.34. The Morgan fingerprint density at radius 3 is 0.864 bits per heavy atom. The van der Waals surface area contributed by atoms with E-state index in [4.69, 9.17) is 28.4 Å². The van der Waals surface area contributed by atoms with Crippen molar-refractivity contribution in [2.75, 3.05) is 51.1 Å². The van der Waals surface area contributed by atoms with Gasteiger partial charge in [-0.05, 0) is 71.0 Å². The highest BCUT2D eigenvalue weighted by atomic mass is 33.7. The standard InChI is InChI=1S/C32H70O6S4Si2/c1-7-13-21-33-31(34-22-14-8-2,35-23-15-9-3)43-29-19-27-39-41-42-40-28-20-30-44-32(36-24-16-10-4,37-25-17-11-5)38-26-18-12-6/h7-30,43-44H2,1-6H3. The predicted octanol–water partition coefficient (Wildman–Crippen LogP) is 9.74. The maximum Gasteiger partial charge on any atom is 0.249 e. The number of hydrogen-bond acceptors (Lipinski definition) is 10. The molecule has 0 spiro atoms. The van der Waals surface area contributed by atoms with Crippen molar-refractivity contribution in [3.05, 3.63) is 0 Å². The van der Waals surface area contributed by atoms with Crippen LogP contribution < -0.4 is 0 Å². The molecule has 0 aliphatic heterocycles. The quantitative estimate of drug-likeness (QED) is 0.0267. The fraction of sp³-hybridized carbons (Fsp3) is 1.00. The van der Waals surface area contributed by atoms with E-state index in [1.807, 2.05) is 41.2 Å². The molecule has 6 nitrogen and oxygen atoms in total. The molecule has 0 radical (unpaired) electrons. The van der Waals surface area contributed by atoms with E-state index in [1.54, 1.807) is 0 Å². The van der Waals surface area contributed by atoms with Crippen molar-refractivity contribution in [1.82, 2.24) is 0 Å². The van der Waals surface area contributed by atoms with Crippen molar-refractivity contribution in [2.45, 2.75) is 155 Å². The van der Waals surface area contributed by atoms with E-state index in [-0.39, 0.29) is 0 Å². The van der Waals surface area contributed by atoms with Crippen molar-refractivity contribution in [2.24, 2.45) is 0 Å². The van der Waals surface area contributed by atoms with Crippen molar-refractivity contribution in [1.29, 1.82) is 0 Å². The molecule has 0 rings (SSSR count). The molecule has 266 valence electrons. The summed E-state index contributed by atoms with van der Waals surface area (Å²) >= 11 is 0. The van der Waals surface area contributed by atoms with Crippen LogP contribution in [0.2, 0.25) is 12.1 Å². The van der Waals surface area contributed by atoms with Crippen molar-refractivity contribution in [3.8, 4) is 0 Å². The van der Waals surface area contributed by atoms with Gasteiger partial charge in [-0.3, -0.25) is 0 Å². The lowest BCUT2D eigenvalue weighted by Gasteiger charge is -2.34. The summed E-state index contributed by atoms with van der Waals surface area (Å²) in [6.07, 6.45) is 15.5. The van der Waals surface area contributed by atoms with Crippen LogP contribution in [0.5, 0.6) is 0 Å². The zero-order chi connectivity index (χ0) is 32.5. The molecule has 0 N–H and O–H groups in total. The minimum absolute atomic E-state index is 0.681. The molecule has 0 bridgehead atoms. The summed E-state index contributed by atoms with van der Waals surface area (Å²) in [6, 6.07) is 2.37. The predicted molar refractivity (Wildman–Crippen MR) is 207 cm³/mol. The van der Waals surface area contributed by atoms with E-state index in [0.29, 0.717) is 0 Å². The molecule has 44 heavy (non-hydrogen) atoms. The first kappa shape index (κ1) is 45.6.